The molecule has 4 nitrogen and oxygen atoms in total. The second-order valence-electron chi connectivity index (χ2n) is 4.66. The molecule has 0 spiro atoms. The lowest BCUT2D eigenvalue weighted by Gasteiger charge is -2.18. The van der Waals surface area contributed by atoms with Gasteiger partial charge in [0.15, 0.2) is 5.96 Å². The molecule has 1 saturated carbocycles. The summed E-state index contributed by atoms with van der Waals surface area (Å²) in [6, 6.07) is 0.624. The number of rotatable bonds is 4. The number of nitrogens with two attached hydrogens (primary N) is 1. The minimum atomic E-state index is 0. The molecule has 2 N–H and O–H groups in total. The monoisotopic (exact) mass is 351 g/mol. The lowest BCUT2D eigenvalue weighted by Crippen LogP contribution is -2.36. The van der Waals surface area contributed by atoms with Gasteiger partial charge in [-0.05, 0) is 19.3 Å². The van der Waals surface area contributed by atoms with Gasteiger partial charge in [-0.2, -0.15) is 0 Å². The fourth-order valence-electron chi connectivity index (χ4n) is 2.08. The number of aliphatic imine (C=N–C) groups is 1. The maximum atomic E-state index is 5.93. The number of hydrogen-bond donors (Lipinski definition) is 1. The normalized spacial score (nSPS) is 28.6. The molecule has 2 atom stereocenters. The first-order chi connectivity index (χ1) is 7.72. The third-order valence-corrected chi connectivity index (χ3v) is 3.44. The lowest BCUT2D eigenvalue weighted by atomic mass is 10.0. The van der Waals surface area contributed by atoms with Crippen LogP contribution in [0.4, 0.5) is 0 Å². The van der Waals surface area contributed by atoms with Crippen LogP contribution in [0.25, 0.3) is 0 Å². The summed E-state index contributed by atoms with van der Waals surface area (Å²) in [6.45, 7) is 5.34. The second kappa shape index (κ2) is 6.58. The van der Waals surface area contributed by atoms with Gasteiger partial charge in [-0.25, -0.2) is 0 Å². The summed E-state index contributed by atoms with van der Waals surface area (Å²) >= 11 is 0. The number of ether oxygens (including phenoxy) is 1. The SMILES string of the molecule is C=C[C@@H]1OCC[C@H]1CN=C(N)N(C)C1CC1.I. The molecule has 5 heteroatoms. The third kappa shape index (κ3) is 3.84. The van der Waals surface area contributed by atoms with Gasteiger partial charge in [-0.3, -0.25) is 4.99 Å². The van der Waals surface area contributed by atoms with E-state index in [0.29, 0.717) is 17.9 Å². The maximum absolute atomic E-state index is 5.93. The molecule has 0 bridgehead atoms. The molecule has 0 aromatic heterocycles. The Balaban J connectivity index is 0.00000144. The van der Waals surface area contributed by atoms with Crippen LogP contribution in [-0.4, -0.2) is 43.2 Å². The van der Waals surface area contributed by atoms with Gasteiger partial charge in [0.25, 0.3) is 0 Å². The molecule has 0 aromatic rings. The summed E-state index contributed by atoms with van der Waals surface area (Å²) in [6.07, 6.45) is 5.57. The fraction of sp³-hybridized carbons (Fsp3) is 0.750. The molecule has 2 rings (SSSR count). The topological polar surface area (TPSA) is 50.9 Å². The van der Waals surface area contributed by atoms with E-state index in [0.717, 1.165) is 19.6 Å². The van der Waals surface area contributed by atoms with Gasteiger partial charge < -0.3 is 15.4 Å². The van der Waals surface area contributed by atoms with Crippen LogP contribution in [-0.2, 0) is 4.74 Å². The highest BCUT2D eigenvalue weighted by atomic mass is 127. The largest absolute Gasteiger partial charge is 0.374 e. The van der Waals surface area contributed by atoms with Gasteiger partial charge in [0.2, 0.25) is 0 Å². The highest BCUT2D eigenvalue weighted by molar-refractivity contribution is 14.0. The fourth-order valence-corrected chi connectivity index (χ4v) is 2.08. The van der Waals surface area contributed by atoms with E-state index in [1.54, 1.807) is 0 Å². The highest BCUT2D eigenvalue weighted by Gasteiger charge is 2.28. The molecular formula is C12H22IN3O. The molecule has 1 aliphatic heterocycles. The Morgan fingerprint density at radius 2 is 2.24 bits per heavy atom. The van der Waals surface area contributed by atoms with Crippen molar-refractivity contribution >= 4 is 29.9 Å². The van der Waals surface area contributed by atoms with Crippen LogP contribution < -0.4 is 5.73 Å². The molecule has 1 heterocycles. The summed E-state index contributed by atoms with van der Waals surface area (Å²) < 4.78 is 5.53. The third-order valence-electron chi connectivity index (χ3n) is 3.44. The van der Waals surface area contributed by atoms with Crippen molar-refractivity contribution in [3.05, 3.63) is 12.7 Å². The average molecular weight is 351 g/mol. The van der Waals surface area contributed by atoms with Crippen molar-refractivity contribution in [2.45, 2.75) is 31.4 Å². The Labute approximate surface area is 120 Å². The van der Waals surface area contributed by atoms with Gasteiger partial charge >= 0.3 is 0 Å². The molecule has 1 saturated heterocycles. The Kier molecular flexibility index (Phi) is 5.72. The van der Waals surface area contributed by atoms with E-state index < -0.39 is 0 Å². The summed E-state index contributed by atoms with van der Waals surface area (Å²) in [5.41, 5.74) is 5.93. The van der Waals surface area contributed by atoms with Crippen molar-refractivity contribution in [2.24, 2.45) is 16.6 Å². The predicted molar refractivity (Wildman–Crippen MR) is 80.7 cm³/mol. The van der Waals surface area contributed by atoms with Crippen LogP contribution in [0.5, 0.6) is 0 Å². The van der Waals surface area contributed by atoms with Crippen LogP contribution >= 0.6 is 24.0 Å². The molecule has 2 fully saturated rings. The van der Waals surface area contributed by atoms with Crippen LogP contribution in [0.15, 0.2) is 17.6 Å². The first-order valence-corrected chi connectivity index (χ1v) is 5.99. The van der Waals surface area contributed by atoms with E-state index >= 15 is 0 Å². The summed E-state index contributed by atoms with van der Waals surface area (Å²) in [7, 11) is 2.02. The molecule has 0 radical (unpaired) electrons. The summed E-state index contributed by atoms with van der Waals surface area (Å²) in [5, 5.41) is 0. The van der Waals surface area contributed by atoms with Crippen LogP contribution in [0.3, 0.4) is 0 Å². The first-order valence-electron chi connectivity index (χ1n) is 5.99. The van der Waals surface area contributed by atoms with E-state index in [1.165, 1.54) is 12.8 Å². The van der Waals surface area contributed by atoms with E-state index in [9.17, 15) is 0 Å². The molecule has 98 valence electrons. The van der Waals surface area contributed by atoms with Crippen molar-refractivity contribution in [3.8, 4) is 0 Å². The Morgan fingerprint density at radius 1 is 1.53 bits per heavy atom. The van der Waals surface area contributed by atoms with Crippen LogP contribution in [0, 0.1) is 5.92 Å². The van der Waals surface area contributed by atoms with E-state index in [-0.39, 0.29) is 30.1 Å². The summed E-state index contributed by atoms with van der Waals surface area (Å²) in [5.74, 6) is 1.11. The predicted octanol–water partition coefficient (Wildman–Crippen LogP) is 1.60. The van der Waals surface area contributed by atoms with Gasteiger partial charge in [0, 0.05) is 32.2 Å². The van der Waals surface area contributed by atoms with Crippen molar-refractivity contribution in [2.75, 3.05) is 20.2 Å². The zero-order valence-corrected chi connectivity index (χ0v) is 12.7. The zero-order chi connectivity index (χ0) is 11.5. The Morgan fingerprint density at radius 3 is 2.82 bits per heavy atom. The molecule has 0 aromatic carbocycles. The van der Waals surface area contributed by atoms with Crippen molar-refractivity contribution in [3.63, 3.8) is 0 Å². The smallest absolute Gasteiger partial charge is 0.191 e. The quantitative estimate of drug-likeness (QED) is 0.362. The molecule has 0 unspecified atom stereocenters. The van der Waals surface area contributed by atoms with Crippen LogP contribution in [0.1, 0.15) is 19.3 Å². The number of halogens is 1. The van der Waals surface area contributed by atoms with Crippen molar-refractivity contribution in [1.82, 2.24) is 4.90 Å². The van der Waals surface area contributed by atoms with Gasteiger partial charge in [0.1, 0.15) is 0 Å². The minimum Gasteiger partial charge on any atom is -0.374 e. The molecule has 2 aliphatic rings. The zero-order valence-electron chi connectivity index (χ0n) is 10.3. The summed E-state index contributed by atoms with van der Waals surface area (Å²) in [4.78, 5) is 6.54. The minimum absolute atomic E-state index is 0. The number of guanidine groups is 1. The van der Waals surface area contributed by atoms with Gasteiger partial charge in [0.05, 0.1) is 6.10 Å². The molecule has 1 aliphatic carbocycles. The van der Waals surface area contributed by atoms with Gasteiger partial charge in [-0.15, -0.1) is 30.6 Å². The molecule has 0 amide bonds. The highest BCUT2D eigenvalue weighted by Crippen LogP contribution is 2.25. The number of hydrogen-bond acceptors (Lipinski definition) is 2. The van der Waals surface area contributed by atoms with E-state index in [2.05, 4.69) is 16.5 Å². The van der Waals surface area contributed by atoms with E-state index in [1.807, 2.05) is 13.1 Å². The average Bonchev–Trinajstić information content (AvgIpc) is 3.04. The Bertz CT molecular complexity index is 291. The Hall–Kier alpha value is -0.300. The molecule has 17 heavy (non-hydrogen) atoms. The van der Waals surface area contributed by atoms with Crippen molar-refractivity contribution in [1.29, 1.82) is 0 Å². The molecular weight excluding hydrogens is 329 g/mol. The maximum Gasteiger partial charge on any atom is 0.191 e. The van der Waals surface area contributed by atoms with E-state index in [4.69, 9.17) is 10.5 Å². The second-order valence-corrected chi connectivity index (χ2v) is 4.66. The van der Waals surface area contributed by atoms with Crippen molar-refractivity contribution < 1.29 is 4.74 Å². The standard InChI is InChI=1S/C12H21N3O.HI/c1-3-11-9(6-7-16-11)8-14-12(13)15(2)10-4-5-10;/h3,9-11H,1,4-8H2,2H3,(H2,13,14);1H/t9-,11-;/m0./s1. The lowest BCUT2D eigenvalue weighted by molar-refractivity contribution is 0.129. The first kappa shape index (κ1) is 14.8. The number of nitrogens with zero attached hydrogens (tertiary/aromatic N) is 2. The van der Waals surface area contributed by atoms with Gasteiger partial charge in [-0.1, -0.05) is 6.08 Å². The van der Waals surface area contributed by atoms with Crippen LogP contribution in [0.2, 0.25) is 0 Å².